The van der Waals surface area contributed by atoms with E-state index in [0.29, 0.717) is 48.7 Å². The Labute approximate surface area is 187 Å². The topological polar surface area (TPSA) is 100 Å². The minimum absolute atomic E-state index is 0.355. The van der Waals surface area contributed by atoms with Gasteiger partial charge in [0.15, 0.2) is 11.8 Å². The third kappa shape index (κ3) is 4.47. The summed E-state index contributed by atoms with van der Waals surface area (Å²) in [5.41, 5.74) is 2.79. The summed E-state index contributed by atoms with van der Waals surface area (Å²) in [6, 6.07) is 11.7. The first kappa shape index (κ1) is 22.2. The zero-order chi connectivity index (χ0) is 23.0. The smallest absolute Gasteiger partial charge is 0.337 e. The van der Waals surface area contributed by atoms with Crippen LogP contribution in [0.3, 0.4) is 0 Å². The zero-order valence-corrected chi connectivity index (χ0v) is 18.9. The van der Waals surface area contributed by atoms with Gasteiger partial charge in [-0.1, -0.05) is 30.3 Å². The second-order valence-electron chi connectivity index (χ2n) is 9.27. The Balaban J connectivity index is 1.94. The fourth-order valence-electron chi connectivity index (χ4n) is 4.14. The molecule has 170 valence electrons. The number of ether oxygens (including phenoxy) is 1. The van der Waals surface area contributed by atoms with Crippen molar-refractivity contribution in [2.24, 2.45) is 0 Å². The SMILES string of the molecule is Cc1nc2cc(-c3ccccc3)nn2c(N2CCC(O)CC2)c1C(OC(C)(C)C)C(=O)O. The van der Waals surface area contributed by atoms with Gasteiger partial charge in [0.1, 0.15) is 5.82 Å². The molecule has 1 atom stereocenters. The van der Waals surface area contributed by atoms with Crippen molar-refractivity contribution in [3.8, 4) is 11.3 Å². The molecule has 0 radical (unpaired) electrons. The number of hydrogen-bond donors (Lipinski definition) is 2. The molecule has 1 saturated heterocycles. The van der Waals surface area contributed by atoms with Gasteiger partial charge in [-0.15, -0.1) is 0 Å². The van der Waals surface area contributed by atoms with Crippen LogP contribution < -0.4 is 4.90 Å². The van der Waals surface area contributed by atoms with E-state index in [9.17, 15) is 15.0 Å². The van der Waals surface area contributed by atoms with Gasteiger partial charge in [0.05, 0.1) is 23.0 Å². The minimum Gasteiger partial charge on any atom is -0.479 e. The molecule has 0 saturated carbocycles. The lowest BCUT2D eigenvalue weighted by atomic mass is 10.0. The summed E-state index contributed by atoms with van der Waals surface area (Å²) in [6.45, 7) is 8.51. The number of piperidine rings is 1. The number of aromatic nitrogens is 3. The van der Waals surface area contributed by atoms with Gasteiger partial charge in [0.25, 0.3) is 0 Å². The summed E-state index contributed by atoms with van der Waals surface area (Å²) in [5, 5.41) is 24.9. The van der Waals surface area contributed by atoms with Crippen LogP contribution in [0.2, 0.25) is 0 Å². The summed E-state index contributed by atoms with van der Waals surface area (Å²) < 4.78 is 7.73. The molecule has 0 spiro atoms. The van der Waals surface area contributed by atoms with Crippen LogP contribution in [0, 0.1) is 6.92 Å². The van der Waals surface area contributed by atoms with Crippen LogP contribution in [0.4, 0.5) is 5.82 Å². The predicted molar refractivity (Wildman–Crippen MR) is 122 cm³/mol. The molecule has 2 aromatic heterocycles. The molecule has 4 rings (SSSR count). The highest BCUT2D eigenvalue weighted by Gasteiger charge is 2.35. The molecule has 0 aliphatic carbocycles. The number of aliphatic carboxylic acids is 1. The van der Waals surface area contributed by atoms with E-state index < -0.39 is 17.7 Å². The molecule has 8 heteroatoms. The normalized spacial score (nSPS) is 16.5. The van der Waals surface area contributed by atoms with E-state index in [1.165, 1.54) is 0 Å². The maximum Gasteiger partial charge on any atom is 0.337 e. The van der Waals surface area contributed by atoms with Gasteiger partial charge in [-0.05, 0) is 40.5 Å². The molecular weight excluding hydrogens is 408 g/mol. The summed E-state index contributed by atoms with van der Waals surface area (Å²) >= 11 is 0. The van der Waals surface area contributed by atoms with Gasteiger partial charge in [0.2, 0.25) is 0 Å². The van der Waals surface area contributed by atoms with Crippen molar-refractivity contribution in [2.45, 2.75) is 58.3 Å². The fraction of sp³-hybridized carbons (Fsp3) is 0.458. The summed E-state index contributed by atoms with van der Waals surface area (Å²) in [4.78, 5) is 19.1. The highest BCUT2D eigenvalue weighted by molar-refractivity contribution is 5.79. The maximum atomic E-state index is 12.3. The number of rotatable bonds is 5. The number of aliphatic hydroxyl groups is 1. The van der Waals surface area contributed by atoms with Crippen molar-refractivity contribution in [1.29, 1.82) is 0 Å². The molecule has 1 aliphatic heterocycles. The van der Waals surface area contributed by atoms with Gasteiger partial charge in [-0.2, -0.15) is 9.61 Å². The van der Waals surface area contributed by atoms with Gasteiger partial charge in [0, 0.05) is 30.4 Å². The first-order valence-corrected chi connectivity index (χ1v) is 10.9. The quantitative estimate of drug-likeness (QED) is 0.628. The van der Waals surface area contributed by atoms with Crippen LogP contribution in [0.15, 0.2) is 36.4 Å². The minimum atomic E-state index is -1.20. The molecule has 0 amide bonds. The van der Waals surface area contributed by atoms with Crippen LogP contribution in [-0.4, -0.2) is 55.6 Å². The predicted octanol–water partition coefficient (Wildman–Crippen LogP) is 3.61. The summed E-state index contributed by atoms with van der Waals surface area (Å²) in [6.07, 6.45) is -0.343. The molecule has 1 aliphatic rings. The van der Waals surface area contributed by atoms with Crippen molar-refractivity contribution in [1.82, 2.24) is 14.6 Å². The van der Waals surface area contributed by atoms with Gasteiger partial charge in [-0.25, -0.2) is 9.78 Å². The second-order valence-corrected chi connectivity index (χ2v) is 9.27. The van der Waals surface area contributed by atoms with Gasteiger partial charge >= 0.3 is 5.97 Å². The summed E-state index contributed by atoms with van der Waals surface area (Å²) in [5.74, 6) is -0.406. The number of carboxylic acid groups (broad SMARTS) is 1. The van der Waals surface area contributed by atoms with E-state index in [0.717, 1.165) is 11.3 Å². The molecule has 1 unspecified atom stereocenters. The van der Waals surface area contributed by atoms with E-state index in [1.807, 2.05) is 64.1 Å². The van der Waals surface area contributed by atoms with Crippen molar-refractivity contribution in [3.05, 3.63) is 47.7 Å². The second kappa shape index (κ2) is 8.52. The Bertz CT molecular complexity index is 1110. The third-order valence-corrected chi connectivity index (χ3v) is 5.60. The van der Waals surface area contributed by atoms with Crippen LogP contribution >= 0.6 is 0 Å². The largest absolute Gasteiger partial charge is 0.479 e. The average Bonchev–Trinajstić information content (AvgIpc) is 3.15. The molecule has 2 N–H and O–H groups in total. The lowest BCUT2D eigenvalue weighted by Crippen LogP contribution is -2.39. The number of anilines is 1. The first-order chi connectivity index (χ1) is 15.1. The maximum absolute atomic E-state index is 12.3. The molecule has 3 heterocycles. The fourth-order valence-corrected chi connectivity index (χ4v) is 4.14. The van der Waals surface area contributed by atoms with Crippen LogP contribution in [0.25, 0.3) is 16.9 Å². The van der Waals surface area contributed by atoms with E-state index in [1.54, 1.807) is 4.52 Å². The standard InChI is InChI=1S/C24H30N4O4/c1-15-20(21(23(30)31)32-24(2,3)4)22(27-12-10-17(29)11-13-27)28-19(25-15)14-18(26-28)16-8-6-5-7-9-16/h5-9,14,17,21,29H,10-13H2,1-4H3,(H,30,31). The molecule has 1 aromatic carbocycles. The average molecular weight is 439 g/mol. The van der Waals surface area contributed by atoms with E-state index in [4.69, 9.17) is 14.8 Å². The Morgan fingerprint density at radius 3 is 2.44 bits per heavy atom. The van der Waals surface area contributed by atoms with Crippen LogP contribution in [0.1, 0.15) is 51.0 Å². The lowest BCUT2D eigenvalue weighted by molar-refractivity contribution is -0.160. The number of aliphatic hydroxyl groups excluding tert-OH is 1. The monoisotopic (exact) mass is 438 g/mol. The van der Waals surface area contributed by atoms with Gasteiger partial charge < -0.3 is 19.8 Å². The first-order valence-electron chi connectivity index (χ1n) is 10.9. The van der Waals surface area contributed by atoms with Gasteiger partial charge in [-0.3, -0.25) is 0 Å². The number of nitrogens with zero attached hydrogens (tertiary/aromatic N) is 4. The van der Waals surface area contributed by atoms with E-state index in [-0.39, 0.29) is 6.10 Å². The molecule has 3 aromatic rings. The highest BCUT2D eigenvalue weighted by atomic mass is 16.5. The molecular formula is C24H30N4O4. The third-order valence-electron chi connectivity index (χ3n) is 5.60. The van der Waals surface area contributed by atoms with Crippen molar-refractivity contribution in [3.63, 3.8) is 0 Å². The number of hydrogen-bond acceptors (Lipinski definition) is 6. The highest BCUT2D eigenvalue weighted by Crippen LogP contribution is 2.36. The van der Waals surface area contributed by atoms with Crippen molar-refractivity contribution in [2.75, 3.05) is 18.0 Å². The van der Waals surface area contributed by atoms with Crippen molar-refractivity contribution < 1.29 is 19.7 Å². The number of benzene rings is 1. The Hall–Kier alpha value is -2.97. The van der Waals surface area contributed by atoms with E-state index >= 15 is 0 Å². The zero-order valence-electron chi connectivity index (χ0n) is 18.9. The number of aryl methyl sites for hydroxylation is 1. The number of fused-ring (bicyclic) bond motifs is 1. The van der Waals surface area contributed by atoms with E-state index in [2.05, 4.69) is 4.90 Å². The molecule has 32 heavy (non-hydrogen) atoms. The van der Waals surface area contributed by atoms with Crippen LogP contribution in [-0.2, 0) is 9.53 Å². The Morgan fingerprint density at radius 2 is 1.84 bits per heavy atom. The van der Waals surface area contributed by atoms with Crippen LogP contribution in [0.5, 0.6) is 0 Å². The summed E-state index contributed by atoms with van der Waals surface area (Å²) in [7, 11) is 0. The Kier molecular flexibility index (Phi) is 5.92. The molecule has 0 bridgehead atoms. The van der Waals surface area contributed by atoms with Crippen molar-refractivity contribution >= 4 is 17.4 Å². The number of carbonyl (C=O) groups is 1. The number of carboxylic acids is 1. The molecule has 8 nitrogen and oxygen atoms in total. The Morgan fingerprint density at radius 1 is 1.19 bits per heavy atom. The molecule has 1 fully saturated rings. The lowest BCUT2D eigenvalue weighted by Gasteiger charge is -2.35.